The third-order valence-corrected chi connectivity index (χ3v) is 2.36. The van der Waals surface area contributed by atoms with Crippen molar-refractivity contribution >= 4 is 23.0 Å². The van der Waals surface area contributed by atoms with E-state index in [-0.39, 0.29) is 0 Å². The first kappa shape index (κ1) is 10.7. The number of nitrogens with zero attached hydrogens (tertiary/aromatic N) is 1. The fraction of sp³-hybridized carbons (Fsp3) is 0.273. The van der Waals surface area contributed by atoms with Crippen molar-refractivity contribution in [2.45, 2.75) is 6.92 Å². The zero-order valence-corrected chi connectivity index (χ0v) is 8.88. The minimum atomic E-state index is 0.543. The SMILES string of the molecule is C#CCN(CC)c1cccc(Cl)c1N. The Morgan fingerprint density at radius 2 is 2.29 bits per heavy atom. The monoisotopic (exact) mass is 208 g/mol. The molecular formula is C11H13ClN2. The zero-order chi connectivity index (χ0) is 10.6. The first-order chi connectivity index (χ1) is 6.70. The van der Waals surface area contributed by atoms with Crippen molar-refractivity contribution in [3.8, 4) is 12.3 Å². The lowest BCUT2D eigenvalue weighted by Gasteiger charge is -2.22. The van der Waals surface area contributed by atoms with Gasteiger partial charge in [0.05, 0.1) is 22.9 Å². The van der Waals surface area contributed by atoms with Crippen molar-refractivity contribution in [2.24, 2.45) is 0 Å². The van der Waals surface area contributed by atoms with Gasteiger partial charge in [-0.3, -0.25) is 0 Å². The summed E-state index contributed by atoms with van der Waals surface area (Å²) in [7, 11) is 0. The third-order valence-electron chi connectivity index (χ3n) is 2.03. The van der Waals surface area contributed by atoms with E-state index in [9.17, 15) is 0 Å². The van der Waals surface area contributed by atoms with Gasteiger partial charge in [0.1, 0.15) is 0 Å². The number of rotatable bonds is 3. The van der Waals surface area contributed by atoms with E-state index < -0.39 is 0 Å². The molecule has 0 heterocycles. The summed E-state index contributed by atoms with van der Waals surface area (Å²) in [6.45, 7) is 3.38. The quantitative estimate of drug-likeness (QED) is 0.611. The van der Waals surface area contributed by atoms with Gasteiger partial charge in [0.2, 0.25) is 0 Å². The lowest BCUT2D eigenvalue weighted by molar-refractivity contribution is 0.920. The summed E-state index contributed by atoms with van der Waals surface area (Å²) in [5.74, 6) is 2.59. The Kier molecular flexibility index (Phi) is 3.67. The van der Waals surface area contributed by atoms with Crippen LogP contribution in [0.5, 0.6) is 0 Å². The van der Waals surface area contributed by atoms with Gasteiger partial charge in [-0.05, 0) is 19.1 Å². The minimum absolute atomic E-state index is 0.543. The number of benzene rings is 1. The van der Waals surface area contributed by atoms with Crippen LogP contribution in [0.1, 0.15) is 6.92 Å². The molecule has 74 valence electrons. The first-order valence-electron chi connectivity index (χ1n) is 4.43. The van der Waals surface area contributed by atoms with Crippen molar-refractivity contribution in [2.75, 3.05) is 23.7 Å². The van der Waals surface area contributed by atoms with Crippen molar-refractivity contribution < 1.29 is 0 Å². The summed E-state index contributed by atoms with van der Waals surface area (Å²) in [5.41, 5.74) is 7.34. The molecule has 0 aliphatic carbocycles. The highest BCUT2D eigenvalue weighted by molar-refractivity contribution is 6.33. The maximum absolute atomic E-state index is 5.91. The molecule has 0 fully saturated rings. The van der Waals surface area contributed by atoms with Crippen molar-refractivity contribution in [1.82, 2.24) is 0 Å². The summed E-state index contributed by atoms with van der Waals surface area (Å²) in [6, 6.07) is 5.55. The van der Waals surface area contributed by atoms with Gasteiger partial charge in [-0.1, -0.05) is 23.6 Å². The van der Waals surface area contributed by atoms with Crippen LogP contribution in [0.2, 0.25) is 5.02 Å². The molecule has 1 aromatic rings. The van der Waals surface area contributed by atoms with E-state index in [1.165, 1.54) is 0 Å². The predicted molar refractivity (Wildman–Crippen MR) is 62.6 cm³/mol. The summed E-state index contributed by atoms with van der Waals surface area (Å²) in [4.78, 5) is 2.00. The van der Waals surface area contributed by atoms with E-state index in [0.29, 0.717) is 17.3 Å². The van der Waals surface area contributed by atoms with Crippen LogP contribution in [-0.2, 0) is 0 Å². The number of nitrogen functional groups attached to an aromatic ring is 1. The zero-order valence-electron chi connectivity index (χ0n) is 8.13. The van der Waals surface area contributed by atoms with Gasteiger partial charge in [0, 0.05) is 6.54 Å². The van der Waals surface area contributed by atoms with Crippen molar-refractivity contribution in [3.05, 3.63) is 23.2 Å². The van der Waals surface area contributed by atoms with E-state index in [4.69, 9.17) is 23.8 Å². The summed E-state index contributed by atoms with van der Waals surface area (Å²) in [5, 5.41) is 0.568. The molecule has 2 nitrogen and oxygen atoms in total. The fourth-order valence-electron chi connectivity index (χ4n) is 1.28. The van der Waals surface area contributed by atoms with Crippen LogP contribution in [0.4, 0.5) is 11.4 Å². The van der Waals surface area contributed by atoms with Gasteiger partial charge in [-0.25, -0.2) is 0 Å². The molecule has 0 aliphatic heterocycles. The average molecular weight is 209 g/mol. The Labute approximate surface area is 89.7 Å². The van der Waals surface area contributed by atoms with Gasteiger partial charge in [-0.15, -0.1) is 6.42 Å². The molecular weight excluding hydrogens is 196 g/mol. The maximum atomic E-state index is 5.91. The first-order valence-corrected chi connectivity index (χ1v) is 4.81. The highest BCUT2D eigenvalue weighted by atomic mass is 35.5. The van der Waals surface area contributed by atoms with Gasteiger partial charge in [0.15, 0.2) is 0 Å². The average Bonchev–Trinajstić information content (AvgIpc) is 2.19. The Hall–Kier alpha value is -1.33. The van der Waals surface area contributed by atoms with Crippen LogP contribution >= 0.6 is 11.6 Å². The number of terminal acetylenes is 1. The van der Waals surface area contributed by atoms with E-state index in [0.717, 1.165) is 12.2 Å². The molecule has 0 saturated heterocycles. The van der Waals surface area contributed by atoms with Gasteiger partial charge >= 0.3 is 0 Å². The lowest BCUT2D eigenvalue weighted by atomic mass is 10.2. The van der Waals surface area contributed by atoms with E-state index in [2.05, 4.69) is 5.92 Å². The number of hydrogen-bond acceptors (Lipinski definition) is 2. The van der Waals surface area contributed by atoms with Gasteiger partial charge in [0.25, 0.3) is 0 Å². The van der Waals surface area contributed by atoms with Crippen molar-refractivity contribution in [3.63, 3.8) is 0 Å². The number of para-hydroxylation sites is 1. The summed E-state index contributed by atoms with van der Waals surface area (Å²) < 4.78 is 0. The highest BCUT2D eigenvalue weighted by Crippen LogP contribution is 2.29. The van der Waals surface area contributed by atoms with Gasteiger partial charge < -0.3 is 10.6 Å². The van der Waals surface area contributed by atoms with Crippen LogP contribution in [0, 0.1) is 12.3 Å². The molecule has 0 amide bonds. The standard InChI is InChI=1S/C11H13ClN2/c1-3-8-14(4-2)10-7-5-6-9(12)11(10)13/h1,5-7H,4,8,13H2,2H3. The molecule has 0 aliphatic rings. The minimum Gasteiger partial charge on any atom is -0.396 e. The normalized spacial score (nSPS) is 9.50. The summed E-state index contributed by atoms with van der Waals surface area (Å²) in [6.07, 6.45) is 5.26. The molecule has 0 radical (unpaired) electrons. The smallest absolute Gasteiger partial charge is 0.0792 e. The number of halogens is 1. The van der Waals surface area contributed by atoms with Crippen LogP contribution in [-0.4, -0.2) is 13.1 Å². The highest BCUT2D eigenvalue weighted by Gasteiger charge is 2.08. The van der Waals surface area contributed by atoms with Crippen LogP contribution < -0.4 is 10.6 Å². The topological polar surface area (TPSA) is 29.3 Å². The predicted octanol–water partition coefficient (Wildman–Crippen LogP) is 2.38. The number of nitrogens with two attached hydrogens (primary N) is 1. The Morgan fingerprint density at radius 1 is 1.57 bits per heavy atom. The molecule has 0 spiro atoms. The molecule has 0 bridgehead atoms. The van der Waals surface area contributed by atoms with E-state index >= 15 is 0 Å². The fourth-order valence-corrected chi connectivity index (χ4v) is 1.45. The van der Waals surface area contributed by atoms with Crippen LogP contribution in [0.15, 0.2) is 18.2 Å². The maximum Gasteiger partial charge on any atom is 0.0792 e. The second kappa shape index (κ2) is 4.78. The Morgan fingerprint density at radius 3 is 2.86 bits per heavy atom. The second-order valence-corrected chi connectivity index (χ2v) is 3.30. The van der Waals surface area contributed by atoms with E-state index in [1.807, 2.05) is 24.0 Å². The van der Waals surface area contributed by atoms with Crippen molar-refractivity contribution in [1.29, 1.82) is 0 Å². The second-order valence-electron chi connectivity index (χ2n) is 2.89. The molecule has 1 rings (SSSR count). The lowest BCUT2D eigenvalue weighted by Crippen LogP contribution is -2.23. The molecule has 3 heteroatoms. The summed E-state index contributed by atoms with van der Waals surface area (Å²) >= 11 is 5.91. The molecule has 14 heavy (non-hydrogen) atoms. The Bertz CT molecular complexity index is 355. The van der Waals surface area contributed by atoms with Crippen LogP contribution in [0.25, 0.3) is 0 Å². The molecule has 0 unspecified atom stereocenters. The molecule has 0 atom stereocenters. The van der Waals surface area contributed by atoms with Gasteiger partial charge in [-0.2, -0.15) is 0 Å². The molecule has 0 aromatic heterocycles. The molecule has 1 aromatic carbocycles. The Balaban J connectivity index is 3.05. The molecule has 2 N–H and O–H groups in total. The van der Waals surface area contributed by atoms with E-state index in [1.54, 1.807) is 6.07 Å². The third kappa shape index (κ3) is 2.12. The molecule has 0 saturated carbocycles. The number of hydrogen-bond donors (Lipinski definition) is 1. The largest absolute Gasteiger partial charge is 0.396 e. The number of anilines is 2. The van der Waals surface area contributed by atoms with Crippen LogP contribution in [0.3, 0.4) is 0 Å².